The lowest BCUT2D eigenvalue weighted by atomic mass is 9.88. The summed E-state index contributed by atoms with van der Waals surface area (Å²) in [6, 6.07) is 11.3. The summed E-state index contributed by atoms with van der Waals surface area (Å²) < 4.78 is 1.89. The van der Waals surface area contributed by atoms with Gasteiger partial charge in [0, 0.05) is 22.2 Å². The lowest BCUT2D eigenvalue weighted by Gasteiger charge is -2.23. The first-order valence-electron chi connectivity index (χ1n) is 10.3. The van der Waals surface area contributed by atoms with Gasteiger partial charge in [-0.25, -0.2) is 9.50 Å². The number of hydrogen-bond donors (Lipinski definition) is 2. The van der Waals surface area contributed by atoms with Crippen molar-refractivity contribution in [2.75, 3.05) is 13.1 Å². The fourth-order valence-corrected chi connectivity index (χ4v) is 4.70. The van der Waals surface area contributed by atoms with Gasteiger partial charge in [-0.2, -0.15) is 5.10 Å². The largest absolute Gasteiger partial charge is 0.354 e. The van der Waals surface area contributed by atoms with E-state index in [-0.39, 0.29) is 0 Å². The molecule has 1 fully saturated rings. The molecule has 0 radical (unpaired) electrons. The molecule has 144 valence electrons. The topological polar surface area (TPSA) is 58.0 Å². The Labute approximate surface area is 165 Å². The van der Waals surface area contributed by atoms with Gasteiger partial charge >= 0.3 is 0 Å². The number of H-pyrrole nitrogens is 1. The van der Waals surface area contributed by atoms with E-state index in [0.717, 1.165) is 24.4 Å². The second-order valence-corrected chi connectivity index (χ2v) is 8.31. The van der Waals surface area contributed by atoms with Crippen LogP contribution < -0.4 is 5.32 Å². The van der Waals surface area contributed by atoms with Crippen LogP contribution in [-0.4, -0.2) is 32.7 Å². The zero-order chi connectivity index (χ0) is 19.3. The molecule has 28 heavy (non-hydrogen) atoms. The Bertz CT molecular complexity index is 1140. The van der Waals surface area contributed by atoms with Crippen molar-refractivity contribution in [2.45, 2.75) is 45.4 Å². The van der Waals surface area contributed by atoms with E-state index < -0.39 is 0 Å². The predicted molar refractivity (Wildman–Crippen MR) is 114 cm³/mol. The van der Waals surface area contributed by atoms with Crippen LogP contribution in [0.2, 0.25) is 0 Å². The van der Waals surface area contributed by atoms with Crippen molar-refractivity contribution in [3.8, 4) is 11.3 Å². The van der Waals surface area contributed by atoms with Gasteiger partial charge in [0.1, 0.15) is 6.33 Å². The molecule has 1 saturated heterocycles. The smallest absolute Gasteiger partial charge is 0.156 e. The predicted octanol–water partition coefficient (Wildman–Crippen LogP) is 4.78. The average molecular weight is 374 g/mol. The molecule has 1 aliphatic rings. The summed E-state index contributed by atoms with van der Waals surface area (Å²) in [5, 5.41) is 9.14. The Morgan fingerprint density at radius 3 is 2.71 bits per heavy atom. The van der Waals surface area contributed by atoms with Gasteiger partial charge in [0.05, 0.1) is 5.69 Å². The molecule has 0 saturated carbocycles. The standard InChI is InChI=1S/C23H27N5/c1-14(2)22-19-11-17(16-6-8-24-9-7-16)4-5-20(19)27-23(22)18-10-15(3)28-21(12-18)25-13-26-28/h4-5,10-14,16,24,27H,6-9H2,1-3H3. The van der Waals surface area contributed by atoms with E-state index in [9.17, 15) is 0 Å². The summed E-state index contributed by atoms with van der Waals surface area (Å²) in [7, 11) is 0. The number of aryl methyl sites for hydroxylation is 1. The highest BCUT2D eigenvalue weighted by Gasteiger charge is 2.20. The summed E-state index contributed by atoms with van der Waals surface area (Å²) in [5.74, 6) is 1.10. The summed E-state index contributed by atoms with van der Waals surface area (Å²) in [6.07, 6.45) is 4.07. The molecule has 0 spiro atoms. The van der Waals surface area contributed by atoms with Gasteiger partial charge in [-0.1, -0.05) is 19.9 Å². The quantitative estimate of drug-likeness (QED) is 0.543. The molecule has 0 bridgehead atoms. The number of nitrogens with one attached hydrogen (secondary N) is 2. The van der Waals surface area contributed by atoms with Gasteiger partial charge < -0.3 is 10.3 Å². The van der Waals surface area contributed by atoms with Crippen LogP contribution in [0.3, 0.4) is 0 Å². The Kier molecular flexibility index (Phi) is 4.20. The molecule has 0 unspecified atom stereocenters. The summed E-state index contributed by atoms with van der Waals surface area (Å²) in [4.78, 5) is 8.11. The highest BCUT2D eigenvalue weighted by molar-refractivity contribution is 5.92. The third kappa shape index (κ3) is 2.81. The number of aromatic amines is 1. The lowest BCUT2D eigenvalue weighted by molar-refractivity contribution is 0.460. The maximum absolute atomic E-state index is 4.40. The average Bonchev–Trinajstić information content (AvgIpc) is 3.32. The third-order valence-corrected chi connectivity index (χ3v) is 6.10. The van der Waals surface area contributed by atoms with E-state index in [1.165, 1.54) is 46.1 Å². The minimum absolute atomic E-state index is 0.432. The molecule has 4 aromatic rings. The number of piperidine rings is 1. The molecule has 2 N–H and O–H groups in total. The van der Waals surface area contributed by atoms with Crippen molar-refractivity contribution >= 4 is 16.6 Å². The van der Waals surface area contributed by atoms with Gasteiger partial charge in [-0.3, -0.25) is 0 Å². The monoisotopic (exact) mass is 373 g/mol. The van der Waals surface area contributed by atoms with Crippen molar-refractivity contribution in [1.29, 1.82) is 0 Å². The van der Waals surface area contributed by atoms with E-state index >= 15 is 0 Å². The molecule has 1 aromatic carbocycles. The zero-order valence-electron chi connectivity index (χ0n) is 16.8. The number of hydrogen-bond acceptors (Lipinski definition) is 3. The second-order valence-electron chi connectivity index (χ2n) is 8.31. The zero-order valence-corrected chi connectivity index (χ0v) is 16.8. The van der Waals surface area contributed by atoms with Crippen LogP contribution in [0.1, 0.15) is 55.3 Å². The van der Waals surface area contributed by atoms with Crippen LogP contribution in [-0.2, 0) is 0 Å². The van der Waals surface area contributed by atoms with Crippen molar-refractivity contribution in [3.63, 3.8) is 0 Å². The van der Waals surface area contributed by atoms with E-state index in [4.69, 9.17) is 0 Å². The maximum atomic E-state index is 4.40. The normalized spacial score (nSPS) is 15.9. The number of pyridine rings is 1. The lowest BCUT2D eigenvalue weighted by Crippen LogP contribution is -2.26. The SMILES string of the molecule is Cc1cc(-c2[nH]c3ccc(C4CCNCC4)cc3c2C(C)C)cc2ncnn12. The van der Waals surface area contributed by atoms with Crippen LogP contribution >= 0.6 is 0 Å². The number of aromatic nitrogens is 4. The summed E-state index contributed by atoms with van der Waals surface area (Å²) >= 11 is 0. The van der Waals surface area contributed by atoms with E-state index in [1.54, 1.807) is 6.33 Å². The molecule has 5 rings (SSSR count). The minimum Gasteiger partial charge on any atom is -0.354 e. The highest BCUT2D eigenvalue weighted by Crippen LogP contribution is 2.38. The molecule has 3 aromatic heterocycles. The Morgan fingerprint density at radius 2 is 1.93 bits per heavy atom. The van der Waals surface area contributed by atoms with Crippen LogP contribution in [0.25, 0.3) is 27.8 Å². The van der Waals surface area contributed by atoms with Crippen LogP contribution in [0.15, 0.2) is 36.7 Å². The number of rotatable bonds is 3. The van der Waals surface area contributed by atoms with Crippen molar-refractivity contribution in [3.05, 3.63) is 53.5 Å². The van der Waals surface area contributed by atoms with Crippen molar-refractivity contribution in [1.82, 2.24) is 24.9 Å². The number of fused-ring (bicyclic) bond motifs is 2. The number of nitrogens with zero attached hydrogens (tertiary/aromatic N) is 3. The van der Waals surface area contributed by atoms with Crippen molar-refractivity contribution < 1.29 is 0 Å². The molecule has 0 atom stereocenters. The Balaban J connectivity index is 1.68. The highest BCUT2D eigenvalue weighted by atomic mass is 15.3. The van der Waals surface area contributed by atoms with Gasteiger partial charge in [-0.15, -0.1) is 0 Å². The molecule has 5 nitrogen and oxygen atoms in total. The van der Waals surface area contributed by atoms with Gasteiger partial charge in [0.2, 0.25) is 0 Å². The fraction of sp³-hybridized carbons (Fsp3) is 0.391. The summed E-state index contributed by atoms with van der Waals surface area (Å²) in [6.45, 7) is 8.89. The van der Waals surface area contributed by atoms with E-state index in [2.05, 4.69) is 71.5 Å². The first-order chi connectivity index (χ1) is 13.6. The van der Waals surface area contributed by atoms with Gasteiger partial charge in [0.25, 0.3) is 0 Å². The molecule has 0 amide bonds. The molecular formula is C23H27N5. The van der Waals surface area contributed by atoms with E-state index in [0.29, 0.717) is 11.8 Å². The molecule has 5 heteroatoms. The molecule has 1 aliphatic heterocycles. The van der Waals surface area contributed by atoms with Crippen LogP contribution in [0, 0.1) is 6.92 Å². The second kappa shape index (κ2) is 6.74. The summed E-state index contributed by atoms with van der Waals surface area (Å²) in [5.41, 5.74) is 8.46. The first kappa shape index (κ1) is 17.4. The van der Waals surface area contributed by atoms with Gasteiger partial charge in [-0.05, 0) is 80.1 Å². The van der Waals surface area contributed by atoms with Crippen LogP contribution in [0.4, 0.5) is 0 Å². The van der Waals surface area contributed by atoms with Crippen molar-refractivity contribution in [2.24, 2.45) is 0 Å². The maximum Gasteiger partial charge on any atom is 0.156 e. The van der Waals surface area contributed by atoms with Crippen LogP contribution in [0.5, 0.6) is 0 Å². The van der Waals surface area contributed by atoms with E-state index in [1.807, 2.05) is 4.52 Å². The Hall–Kier alpha value is -2.66. The molecular weight excluding hydrogens is 346 g/mol. The third-order valence-electron chi connectivity index (χ3n) is 6.10. The minimum atomic E-state index is 0.432. The molecule has 0 aliphatic carbocycles. The number of benzene rings is 1. The molecule has 4 heterocycles. The van der Waals surface area contributed by atoms with Gasteiger partial charge in [0.15, 0.2) is 5.65 Å². The fourth-order valence-electron chi connectivity index (χ4n) is 4.70. The first-order valence-corrected chi connectivity index (χ1v) is 10.3. The Morgan fingerprint density at radius 1 is 1.11 bits per heavy atom.